The van der Waals surface area contributed by atoms with E-state index in [1.165, 1.54) is 6.92 Å². The quantitative estimate of drug-likeness (QED) is 0.270. The molecule has 1 heterocycles. The van der Waals surface area contributed by atoms with Gasteiger partial charge in [-0.25, -0.2) is 0 Å². The van der Waals surface area contributed by atoms with Crippen LogP contribution in [-0.2, 0) is 14.3 Å². The Kier molecular flexibility index (Phi) is 8.42. The van der Waals surface area contributed by atoms with Gasteiger partial charge in [-0.15, -0.1) is 0 Å². The van der Waals surface area contributed by atoms with Crippen LogP contribution in [0.25, 0.3) is 0 Å². The lowest BCUT2D eigenvalue weighted by atomic mass is 9.95. The van der Waals surface area contributed by atoms with E-state index in [1.807, 2.05) is 0 Å². The van der Waals surface area contributed by atoms with E-state index in [1.54, 1.807) is 0 Å². The molecule has 0 aromatic carbocycles. The van der Waals surface area contributed by atoms with Crippen LogP contribution in [0.4, 0.5) is 0 Å². The van der Waals surface area contributed by atoms with Crippen molar-refractivity contribution in [3.63, 3.8) is 0 Å². The lowest BCUT2D eigenvalue weighted by molar-refractivity contribution is -0.203. The first-order valence-corrected chi connectivity index (χ1v) is 7.79. The number of carbonyl (C=O) groups is 2. The standard InChI is InChI=1S/C14H27N3O6/c1-8(19)16-11-13(22)12(21)9(7-18)23-14(11)17-10(20)5-3-2-4-6-15/h9,11-14,18,21-22H,2-7,15H2,1H3,(H,16,19)(H,17,20)/t9-,11+,12+,13-,14-/m0/s1. The Morgan fingerprint density at radius 1 is 1.13 bits per heavy atom. The summed E-state index contributed by atoms with van der Waals surface area (Å²) in [7, 11) is 0. The highest BCUT2D eigenvalue weighted by atomic mass is 16.5. The number of rotatable bonds is 8. The van der Waals surface area contributed by atoms with Gasteiger partial charge >= 0.3 is 0 Å². The van der Waals surface area contributed by atoms with Crippen LogP contribution in [0.5, 0.6) is 0 Å². The molecular formula is C14H27N3O6. The molecule has 0 aliphatic carbocycles. The number of unbranched alkanes of at least 4 members (excludes halogenated alkanes) is 2. The molecule has 1 aliphatic heterocycles. The number of carbonyl (C=O) groups excluding carboxylic acids is 2. The first-order chi connectivity index (χ1) is 10.9. The summed E-state index contributed by atoms with van der Waals surface area (Å²) >= 11 is 0. The van der Waals surface area contributed by atoms with Crippen LogP contribution in [0.1, 0.15) is 32.6 Å². The van der Waals surface area contributed by atoms with Crippen LogP contribution < -0.4 is 16.4 Å². The maximum Gasteiger partial charge on any atom is 0.222 e. The van der Waals surface area contributed by atoms with E-state index < -0.39 is 43.1 Å². The van der Waals surface area contributed by atoms with Crippen LogP contribution in [0.3, 0.4) is 0 Å². The number of amides is 2. The van der Waals surface area contributed by atoms with E-state index in [4.69, 9.17) is 10.5 Å². The van der Waals surface area contributed by atoms with E-state index in [2.05, 4.69) is 10.6 Å². The molecule has 0 radical (unpaired) electrons. The van der Waals surface area contributed by atoms with Gasteiger partial charge < -0.3 is 36.4 Å². The maximum atomic E-state index is 11.9. The van der Waals surface area contributed by atoms with Crippen molar-refractivity contribution in [2.45, 2.75) is 63.2 Å². The van der Waals surface area contributed by atoms with Crippen molar-refractivity contribution >= 4 is 11.8 Å². The number of ether oxygens (including phenoxy) is 1. The van der Waals surface area contributed by atoms with Gasteiger partial charge in [0.25, 0.3) is 0 Å². The Bertz CT molecular complexity index is 395. The van der Waals surface area contributed by atoms with Gasteiger partial charge in [0, 0.05) is 13.3 Å². The zero-order chi connectivity index (χ0) is 17.4. The van der Waals surface area contributed by atoms with Crippen LogP contribution >= 0.6 is 0 Å². The smallest absolute Gasteiger partial charge is 0.222 e. The van der Waals surface area contributed by atoms with E-state index >= 15 is 0 Å². The van der Waals surface area contributed by atoms with E-state index in [0.29, 0.717) is 13.0 Å². The van der Waals surface area contributed by atoms with Gasteiger partial charge in [0.1, 0.15) is 24.4 Å². The third-order valence-corrected chi connectivity index (χ3v) is 3.71. The molecule has 1 rings (SSSR count). The van der Waals surface area contributed by atoms with Crippen molar-refractivity contribution in [2.24, 2.45) is 5.73 Å². The monoisotopic (exact) mass is 333 g/mol. The largest absolute Gasteiger partial charge is 0.394 e. The molecule has 1 fully saturated rings. The van der Waals surface area contributed by atoms with Gasteiger partial charge in [-0.05, 0) is 19.4 Å². The van der Waals surface area contributed by atoms with Gasteiger partial charge in [-0.1, -0.05) is 6.42 Å². The molecule has 1 saturated heterocycles. The molecule has 5 atom stereocenters. The van der Waals surface area contributed by atoms with Crippen molar-refractivity contribution in [1.82, 2.24) is 10.6 Å². The molecule has 2 amide bonds. The van der Waals surface area contributed by atoms with E-state index in [0.717, 1.165) is 12.8 Å². The summed E-state index contributed by atoms with van der Waals surface area (Å²) in [5.74, 6) is -0.739. The van der Waals surface area contributed by atoms with Crippen molar-refractivity contribution in [1.29, 1.82) is 0 Å². The van der Waals surface area contributed by atoms with Crippen molar-refractivity contribution in [3.8, 4) is 0 Å². The Hall–Kier alpha value is -1.26. The lowest BCUT2D eigenvalue weighted by Gasteiger charge is -2.42. The number of nitrogens with two attached hydrogens (primary N) is 1. The molecule has 7 N–H and O–H groups in total. The zero-order valence-corrected chi connectivity index (χ0v) is 13.3. The predicted molar refractivity (Wildman–Crippen MR) is 81.0 cm³/mol. The number of nitrogens with one attached hydrogen (secondary N) is 2. The van der Waals surface area contributed by atoms with Gasteiger partial charge in [0.15, 0.2) is 6.23 Å². The summed E-state index contributed by atoms with van der Waals surface area (Å²) in [6.07, 6.45) is -2.23. The fourth-order valence-corrected chi connectivity index (χ4v) is 2.47. The molecule has 134 valence electrons. The average Bonchev–Trinajstić information content (AvgIpc) is 2.50. The Morgan fingerprint density at radius 3 is 2.39 bits per heavy atom. The highest BCUT2D eigenvalue weighted by molar-refractivity contribution is 5.76. The number of aliphatic hydroxyl groups excluding tert-OH is 3. The highest BCUT2D eigenvalue weighted by Gasteiger charge is 2.45. The minimum atomic E-state index is -1.37. The van der Waals surface area contributed by atoms with Gasteiger partial charge in [0.05, 0.1) is 6.61 Å². The molecule has 0 saturated carbocycles. The van der Waals surface area contributed by atoms with Gasteiger partial charge in [-0.3, -0.25) is 9.59 Å². The first-order valence-electron chi connectivity index (χ1n) is 7.79. The molecule has 23 heavy (non-hydrogen) atoms. The molecule has 9 heteroatoms. The van der Waals surface area contributed by atoms with Crippen LogP contribution in [0, 0.1) is 0 Å². The molecule has 9 nitrogen and oxygen atoms in total. The second-order valence-electron chi connectivity index (χ2n) is 5.65. The average molecular weight is 333 g/mol. The summed E-state index contributed by atoms with van der Waals surface area (Å²) < 4.78 is 5.40. The Balaban J connectivity index is 2.65. The third kappa shape index (κ3) is 6.04. The van der Waals surface area contributed by atoms with E-state index in [9.17, 15) is 24.9 Å². The second kappa shape index (κ2) is 9.78. The van der Waals surface area contributed by atoms with Gasteiger partial charge in [-0.2, -0.15) is 0 Å². The zero-order valence-electron chi connectivity index (χ0n) is 13.3. The Labute approximate surface area is 135 Å². The summed E-state index contributed by atoms with van der Waals surface area (Å²) in [5, 5.41) is 34.2. The minimum absolute atomic E-state index is 0.259. The van der Waals surface area contributed by atoms with Crippen molar-refractivity contribution in [3.05, 3.63) is 0 Å². The number of hydrogen-bond donors (Lipinski definition) is 6. The number of hydrogen-bond acceptors (Lipinski definition) is 7. The summed E-state index contributed by atoms with van der Waals surface area (Å²) in [5.41, 5.74) is 5.38. The van der Waals surface area contributed by atoms with Crippen LogP contribution in [-0.4, -0.2) is 70.9 Å². The number of aliphatic hydroxyl groups is 3. The molecule has 0 unspecified atom stereocenters. The summed E-state index contributed by atoms with van der Waals surface area (Å²) in [4.78, 5) is 23.2. The molecule has 0 bridgehead atoms. The first kappa shape index (κ1) is 19.8. The Morgan fingerprint density at radius 2 is 1.83 bits per heavy atom. The van der Waals surface area contributed by atoms with E-state index in [-0.39, 0.29) is 12.3 Å². The minimum Gasteiger partial charge on any atom is -0.394 e. The molecule has 1 aliphatic rings. The summed E-state index contributed by atoms with van der Waals surface area (Å²) in [6.45, 7) is 1.30. The second-order valence-corrected chi connectivity index (χ2v) is 5.65. The van der Waals surface area contributed by atoms with Crippen LogP contribution in [0.15, 0.2) is 0 Å². The molecule has 0 aromatic rings. The summed E-state index contributed by atoms with van der Waals surface area (Å²) in [6, 6.07) is -1.00. The predicted octanol–water partition coefficient (Wildman–Crippen LogP) is -2.43. The molecular weight excluding hydrogens is 306 g/mol. The van der Waals surface area contributed by atoms with Crippen molar-refractivity contribution in [2.75, 3.05) is 13.2 Å². The lowest BCUT2D eigenvalue weighted by Crippen LogP contribution is -2.68. The topological polar surface area (TPSA) is 154 Å². The van der Waals surface area contributed by atoms with Gasteiger partial charge in [0.2, 0.25) is 11.8 Å². The highest BCUT2D eigenvalue weighted by Crippen LogP contribution is 2.20. The maximum absolute atomic E-state index is 11.9. The normalized spacial score (nSPS) is 30.7. The third-order valence-electron chi connectivity index (χ3n) is 3.71. The molecule has 0 spiro atoms. The SMILES string of the molecule is CC(=O)N[C@@H]1[C@H](O)[C@H](O)[C@H](CO)O[C@@H]1NC(=O)CCCCCN. The molecule has 0 aromatic heterocycles. The van der Waals surface area contributed by atoms with Crippen molar-refractivity contribution < 1.29 is 29.6 Å². The fraction of sp³-hybridized carbons (Fsp3) is 0.857. The van der Waals surface area contributed by atoms with Crippen LogP contribution in [0.2, 0.25) is 0 Å². The fourth-order valence-electron chi connectivity index (χ4n) is 2.47.